The minimum Gasteiger partial charge on any atom is -0.324 e. The number of aryl methyl sites for hydroxylation is 1. The molecule has 0 unspecified atom stereocenters. The van der Waals surface area contributed by atoms with Gasteiger partial charge in [0.05, 0.1) is 5.39 Å². The number of hydrogen-bond donors (Lipinski definition) is 1. The molecule has 2 aromatic heterocycles. The largest absolute Gasteiger partial charge is 0.324 e. The van der Waals surface area contributed by atoms with Gasteiger partial charge in [-0.1, -0.05) is 54.6 Å². The Bertz CT molecular complexity index is 1210. The highest BCUT2D eigenvalue weighted by Crippen LogP contribution is 2.30. The Morgan fingerprint density at radius 2 is 1.86 bits per heavy atom. The van der Waals surface area contributed by atoms with E-state index in [4.69, 9.17) is 0 Å². The van der Waals surface area contributed by atoms with Crippen molar-refractivity contribution < 1.29 is 4.79 Å². The number of aromatic nitrogens is 3. The van der Waals surface area contributed by atoms with E-state index in [1.165, 1.54) is 16.9 Å². The predicted octanol–water partition coefficient (Wildman–Crippen LogP) is 4.28. The second-order valence-electron chi connectivity index (χ2n) is 6.75. The predicted molar refractivity (Wildman–Crippen MR) is 116 cm³/mol. The van der Waals surface area contributed by atoms with Gasteiger partial charge in [0.1, 0.15) is 6.04 Å². The lowest BCUT2D eigenvalue weighted by Crippen LogP contribution is -2.33. The lowest BCUT2D eigenvalue weighted by molar-refractivity contribution is -0.119. The molecule has 0 saturated carbocycles. The van der Waals surface area contributed by atoms with Gasteiger partial charge in [0, 0.05) is 10.6 Å². The molecule has 4 aromatic rings. The topological polar surface area (TPSA) is 76.9 Å². The van der Waals surface area contributed by atoms with E-state index < -0.39 is 6.04 Å². The summed E-state index contributed by atoms with van der Waals surface area (Å²) in [5.74, 6) is -0.316. The molecule has 146 valence electrons. The normalized spacial score (nSPS) is 12.1. The van der Waals surface area contributed by atoms with Crippen molar-refractivity contribution in [1.29, 1.82) is 0 Å². The maximum absolute atomic E-state index is 12.9. The van der Waals surface area contributed by atoms with Crippen LogP contribution in [0.5, 0.6) is 0 Å². The van der Waals surface area contributed by atoms with Crippen LogP contribution in [0.25, 0.3) is 20.7 Å². The van der Waals surface area contributed by atoms with E-state index in [1.807, 2.05) is 60.7 Å². The Hall–Kier alpha value is -3.32. The van der Waals surface area contributed by atoms with Crippen LogP contribution in [0.3, 0.4) is 0 Å². The van der Waals surface area contributed by atoms with E-state index in [2.05, 4.69) is 22.6 Å². The first-order chi connectivity index (χ1) is 14.1. The second-order valence-corrected chi connectivity index (χ2v) is 7.78. The van der Waals surface area contributed by atoms with Crippen molar-refractivity contribution in [3.63, 3.8) is 0 Å². The van der Waals surface area contributed by atoms with Crippen LogP contribution in [0, 0.1) is 0 Å². The van der Waals surface area contributed by atoms with E-state index in [0.717, 1.165) is 21.5 Å². The highest BCUT2D eigenvalue weighted by Gasteiger charge is 2.20. The standard InChI is InChI=1S/C22H20N4O2S/c1-3-15-9-11-17(12-10-15)23-20(27)14(2)26-22(28)18-13-19(29-21(18)24-25-26)16-7-5-4-6-8-16/h4-14H,3H2,1-2H3,(H,23,27)/t14-/m1/s1. The summed E-state index contributed by atoms with van der Waals surface area (Å²) < 4.78 is 1.14. The van der Waals surface area contributed by atoms with Crippen molar-refractivity contribution in [1.82, 2.24) is 15.0 Å². The van der Waals surface area contributed by atoms with Crippen LogP contribution < -0.4 is 10.9 Å². The average molecular weight is 404 g/mol. The van der Waals surface area contributed by atoms with Gasteiger partial charge in [-0.3, -0.25) is 9.59 Å². The average Bonchev–Trinajstić information content (AvgIpc) is 3.20. The fourth-order valence-corrected chi connectivity index (χ4v) is 4.01. The zero-order valence-corrected chi connectivity index (χ0v) is 16.9. The first-order valence-corrected chi connectivity index (χ1v) is 10.2. The number of hydrogen-bond acceptors (Lipinski definition) is 5. The Morgan fingerprint density at radius 1 is 1.14 bits per heavy atom. The Labute approximate surface area is 171 Å². The molecule has 4 rings (SSSR count). The highest BCUT2D eigenvalue weighted by atomic mass is 32.1. The number of thiophene rings is 1. The number of amides is 1. The van der Waals surface area contributed by atoms with Crippen LogP contribution in [-0.4, -0.2) is 20.9 Å². The monoisotopic (exact) mass is 404 g/mol. The molecule has 1 N–H and O–H groups in total. The van der Waals surface area contributed by atoms with Crippen molar-refractivity contribution in [2.45, 2.75) is 26.3 Å². The number of nitrogens with one attached hydrogen (secondary N) is 1. The number of rotatable bonds is 5. The van der Waals surface area contributed by atoms with Crippen LogP contribution >= 0.6 is 11.3 Å². The molecule has 29 heavy (non-hydrogen) atoms. The summed E-state index contributed by atoms with van der Waals surface area (Å²) in [6, 6.07) is 18.5. The quantitative estimate of drug-likeness (QED) is 0.539. The lowest BCUT2D eigenvalue weighted by Gasteiger charge is -2.13. The maximum atomic E-state index is 12.9. The van der Waals surface area contributed by atoms with Crippen LogP contribution in [0.1, 0.15) is 25.5 Å². The number of carbonyl (C=O) groups is 1. The molecule has 7 heteroatoms. The summed E-state index contributed by atoms with van der Waals surface area (Å²) in [7, 11) is 0. The third-order valence-electron chi connectivity index (χ3n) is 4.82. The third-order valence-corrected chi connectivity index (χ3v) is 5.89. The van der Waals surface area contributed by atoms with Gasteiger partial charge in [-0.15, -0.1) is 16.4 Å². The van der Waals surface area contributed by atoms with E-state index in [9.17, 15) is 9.59 Å². The minimum atomic E-state index is -0.787. The van der Waals surface area contributed by atoms with E-state index >= 15 is 0 Å². The van der Waals surface area contributed by atoms with Gasteiger partial charge in [-0.25, -0.2) is 0 Å². The summed E-state index contributed by atoms with van der Waals surface area (Å²) in [5.41, 5.74) is 2.57. The summed E-state index contributed by atoms with van der Waals surface area (Å²) in [5, 5.41) is 11.5. The smallest absolute Gasteiger partial charge is 0.279 e. The minimum absolute atomic E-state index is 0.316. The molecule has 0 spiro atoms. The van der Waals surface area contributed by atoms with Gasteiger partial charge in [-0.2, -0.15) is 4.68 Å². The van der Waals surface area contributed by atoms with Crippen molar-refractivity contribution in [3.8, 4) is 10.4 Å². The molecular formula is C22H20N4O2S. The van der Waals surface area contributed by atoms with Crippen molar-refractivity contribution in [2.24, 2.45) is 0 Å². The highest BCUT2D eigenvalue weighted by molar-refractivity contribution is 7.21. The molecule has 1 atom stereocenters. The van der Waals surface area contributed by atoms with Crippen LogP contribution in [0.2, 0.25) is 0 Å². The first kappa shape index (κ1) is 19.0. The summed E-state index contributed by atoms with van der Waals surface area (Å²) in [6.07, 6.45) is 0.932. The number of anilines is 1. The number of carbonyl (C=O) groups excluding carboxylic acids is 1. The molecule has 1 amide bonds. The van der Waals surface area contributed by atoms with Gasteiger partial charge < -0.3 is 5.32 Å². The zero-order valence-electron chi connectivity index (χ0n) is 16.1. The lowest BCUT2D eigenvalue weighted by atomic mass is 10.1. The SMILES string of the molecule is CCc1ccc(NC(=O)[C@@H](C)n2nnc3sc(-c4ccccc4)cc3c2=O)cc1. The van der Waals surface area contributed by atoms with Crippen molar-refractivity contribution >= 4 is 33.1 Å². The van der Waals surface area contributed by atoms with Crippen LogP contribution in [-0.2, 0) is 11.2 Å². The van der Waals surface area contributed by atoms with E-state index in [-0.39, 0.29) is 11.5 Å². The molecular weight excluding hydrogens is 384 g/mol. The number of nitrogens with zero attached hydrogens (tertiary/aromatic N) is 3. The molecule has 2 aromatic carbocycles. The Balaban J connectivity index is 1.61. The van der Waals surface area contributed by atoms with Gasteiger partial charge >= 0.3 is 0 Å². The van der Waals surface area contributed by atoms with Gasteiger partial charge in [0.25, 0.3) is 5.56 Å². The zero-order chi connectivity index (χ0) is 20.4. The molecule has 2 heterocycles. The molecule has 0 aliphatic carbocycles. The summed E-state index contributed by atoms with van der Waals surface area (Å²) in [4.78, 5) is 27.1. The van der Waals surface area contributed by atoms with Crippen LogP contribution in [0.4, 0.5) is 5.69 Å². The number of fused-ring (bicyclic) bond motifs is 1. The molecule has 6 nitrogen and oxygen atoms in total. The van der Waals surface area contributed by atoms with E-state index in [0.29, 0.717) is 15.9 Å². The maximum Gasteiger partial charge on any atom is 0.279 e. The van der Waals surface area contributed by atoms with Crippen LogP contribution in [0.15, 0.2) is 65.5 Å². The molecule has 0 aliphatic heterocycles. The Morgan fingerprint density at radius 3 is 2.55 bits per heavy atom. The first-order valence-electron chi connectivity index (χ1n) is 9.41. The van der Waals surface area contributed by atoms with Crippen molar-refractivity contribution in [3.05, 3.63) is 76.6 Å². The molecule has 0 fully saturated rings. The fourth-order valence-electron chi connectivity index (χ4n) is 3.04. The summed E-state index contributed by atoms with van der Waals surface area (Å²) in [6.45, 7) is 3.71. The van der Waals surface area contributed by atoms with Crippen molar-refractivity contribution in [2.75, 3.05) is 5.32 Å². The summed E-state index contributed by atoms with van der Waals surface area (Å²) >= 11 is 1.41. The van der Waals surface area contributed by atoms with Gasteiger partial charge in [-0.05, 0) is 42.7 Å². The molecule has 0 radical (unpaired) electrons. The molecule has 0 bridgehead atoms. The third kappa shape index (κ3) is 3.82. The molecule has 0 saturated heterocycles. The number of benzene rings is 2. The Kier molecular flexibility index (Phi) is 5.22. The second kappa shape index (κ2) is 7.97. The van der Waals surface area contributed by atoms with Gasteiger partial charge in [0.15, 0.2) is 4.83 Å². The molecule has 0 aliphatic rings. The van der Waals surface area contributed by atoms with Gasteiger partial charge in [0.2, 0.25) is 5.91 Å². The fraction of sp³-hybridized carbons (Fsp3) is 0.182. The van der Waals surface area contributed by atoms with E-state index in [1.54, 1.807) is 6.92 Å².